The molecule has 0 bridgehead atoms. The second-order valence-corrected chi connectivity index (χ2v) is 5.98. The van der Waals surface area contributed by atoms with E-state index in [0.29, 0.717) is 0 Å². The maximum absolute atomic E-state index is 9.29. The Morgan fingerprint density at radius 3 is 2.07 bits per heavy atom. The molecular formula is C10H17O3P. The topological polar surface area (TPSA) is 49.7 Å². The van der Waals surface area contributed by atoms with Crippen molar-refractivity contribution >= 4 is 7.94 Å². The molecule has 0 aliphatic carbocycles. The molecule has 0 atom stereocenters. The van der Waals surface area contributed by atoms with Gasteiger partial charge in [-0.25, -0.2) is 0 Å². The molecule has 2 N–H and O–H groups in total. The molecule has 1 aromatic rings. The third-order valence-corrected chi connectivity index (χ3v) is 2.81. The first-order valence-electron chi connectivity index (χ1n) is 4.52. The van der Waals surface area contributed by atoms with Gasteiger partial charge in [0.1, 0.15) is 0 Å². The van der Waals surface area contributed by atoms with Gasteiger partial charge in [-0.2, -0.15) is 0 Å². The first-order chi connectivity index (χ1) is 6.31. The number of hydrogen-bond donors (Lipinski definition) is 2. The van der Waals surface area contributed by atoms with Crippen molar-refractivity contribution in [1.29, 1.82) is 0 Å². The summed E-state index contributed by atoms with van der Waals surface area (Å²) in [5.74, 6) is 0. The molecule has 0 aliphatic heterocycles. The van der Waals surface area contributed by atoms with Crippen molar-refractivity contribution in [1.82, 2.24) is 0 Å². The third-order valence-electron chi connectivity index (χ3n) is 1.92. The molecule has 14 heavy (non-hydrogen) atoms. The van der Waals surface area contributed by atoms with Gasteiger partial charge in [0.15, 0.2) is 0 Å². The monoisotopic (exact) mass is 216 g/mol. The van der Waals surface area contributed by atoms with Crippen molar-refractivity contribution in [3.8, 4) is 0 Å². The average molecular weight is 216 g/mol. The zero-order valence-corrected chi connectivity index (χ0v) is 9.69. The van der Waals surface area contributed by atoms with Gasteiger partial charge in [0.25, 0.3) is 0 Å². The Balaban J connectivity index is 2.86. The Hall–Kier alpha value is -0.470. The minimum atomic E-state index is -3.48. The fourth-order valence-electron chi connectivity index (χ4n) is 1.38. The van der Waals surface area contributed by atoms with Crippen LogP contribution < -0.4 is 0 Å². The SMILES string of the molecule is CC(C)(O[PH](C)(O)O)c1ccccc1. The van der Waals surface area contributed by atoms with Crippen molar-refractivity contribution in [2.24, 2.45) is 0 Å². The molecule has 3 nitrogen and oxygen atoms in total. The van der Waals surface area contributed by atoms with Crippen molar-refractivity contribution in [3.63, 3.8) is 0 Å². The van der Waals surface area contributed by atoms with Crippen LogP contribution in [-0.2, 0) is 10.1 Å². The predicted octanol–water partition coefficient (Wildman–Crippen LogP) is 2.05. The van der Waals surface area contributed by atoms with Crippen LogP contribution in [0.1, 0.15) is 19.4 Å². The predicted molar refractivity (Wildman–Crippen MR) is 59.2 cm³/mol. The van der Waals surface area contributed by atoms with Crippen LogP contribution in [0.4, 0.5) is 0 Å². The maximum atomic E-state index is 9.29. The molecule has 80 valence electrons. The van der Waals surface area contributed by atoms with Crippen molar-refractivity contribution < 1.29 is 14.3 Å². The summed E-state index contributed by atoms with van der Waals surface area (Å²) in [5.41, 5.74) is 0.271. The second kappa shape index (κ2) is 3.95. The molecule has 1 rings (SSSR count). The van der Waals surface area contributed by atoms with E-state index in [1.165, 1.54) is 6.66 Å². The zero-order valence-electron chi connectivity index (χ0n) is 8.69. The van der Waals surface area contributed by atoms with Crippen molar-refractivity contribution in [2.45, 2.75) is 19.4 Å². The summed E-state index contributed by atoms with van der Waals surface area (Å²) in [7, 11) is -3.48. The molecule has 0 saturated carbocycles. The molecule has 4 heteroatoms. The summed E-state index contributed by atoms with van der Waals surface area (Å²) < 4.78 is 5.26. The van der Waals surface area contributed by atoms with Gasteiger partial charge in [-0.05, 0) is 0 Å². The summed E-state index contributed by atoms with van der Waals surface area (Å²) in [6.45, 7) is 4.97. The van der Waals surface area contributed by atoms with Crippen LogP contribution >= 0.6 is 7.94 Å². The minimum absolute atomic E-state index is 0.661. The van der Waals surface area contributed by atoms with Gasteiger partial charge >= 0.3 is 84.3 Å². The van der Waals surface area contributed by atoms with Crippen LogP contribution in [0, 0.1) is 0 Å². The Morgan fingerprint density at radius 1 is 1.14 bits per heavy atom. The van der Waals surface area contributed by atoms with Gasteiger partial charge in [0.2, 0.25) is 0 Å². The first kappa shape index (κ1) is 11.6. The normalized spacial score (nSPS) is 14.1. The van der Waals surface area contributed by atoms with E-state index in [1.54, 1.807) is 0 Å². The summed E-state index contributed by atoms with van der Waals surface area (Å²) in [5, 5.41) is 0. The third kappa shape index (κ3) is 3.35. The standard InChI is InChI=1S/C10H17O3P/c1-10(2,13-14(3,11)12)9-7-5-4-6-8-9/h4-8,11-12,14H,1-3H3. The zero-order chi connectivity index (χ0) is 10.8. The number of rotatable bonds is 3. The fourth-order valence-corrected chi connectivity index (χ4v) is 2.47. The van der Waals surface area contributed by atoms with E-state index in [9.17, 15) is 9.79 Å². The summed E-state index contributed by atoms with van der Waals surface area (Å²) in [4.78, 5) is 18.6. The molecule has 0 heterocycles. The van der Waals surface area contributed by atoms with E-state index >= 15 is 0 Å². The molecule has 0 radical (unpaired) electrons. The Morgan fingerprint density at radius 2 is 1.64 bits per heavy atom. The van der Waals surface area contributed by atoms with Crippen LogP contribution in [0.5, 0.6) is 0 Å². The van der Waals surface area contributed by atoms with Gasteiger partial charge in [-0.15, -0.1) is 0 Å². The Labute approximate surface area is 84.9 Å². The number of hydrogen-bond acceptors (Lipinski definition) is 3. The molecule has 1 aromatic carbocycles. The van der Waals surface area contributed by atoms with Gasteiger partial charge in [0.05, 0.1) is 0 Å². The molecule has 0 fully saturated rings. The molecule has 0 spiro atoms. The second-order valence-electron chi connectivity index (χ2n) is 3.91. The van der Waals surface area contributed by atoms with Crippen LogP contribution in [0.15, 0.2) is 30.3 Å². The Kier molecular flexibility index (Phi) is 3.28. The van der Waals surface area contributed by atoms with E-state index in [-0.39, 0.29) is 0 Å². The first-order valence-corrected chi connectivity index (χ1v) is 6.82. The van der Waals surface area contributed by atoms with Gasteiger partial charge in [-0.1, -0.05) is 0 Å². The molecule has 0 aromatic heterocycles. The van der Waals surface area contributed by atoms with Gasteiger partial charge in [-0.3, -0.25) is 0 Å². The van der Waals surface area contributed by atoms with Crippen molar-refractivity contribution in [3.05, 3.63) is 35.9 Å². The van der Waals surface area contributed by atoms with Gasteiger partial charge in [0, 0.05) is 0 Å². The van der Waals surface area contributed by atoms with Crippen LogP contribution in [0.25, 0.3) is 0 Å². The summed E-state index contributed by atoms with van der Waals surface area (Å²) in [6.07, 6.45) is 0. The van der Waals surface area contributed by atoms with E-state index in [0.717, 1.165) is 5.56 Å². The summed E-state index contributed by atoms with van der Waals surface area (Å²) >= 11 is 0. The summed E-state index contributed by atoms with van der Waals surface area (Å²) in [6, 6.07) is 9.51. The molecule has 0 aliphatic rings. The molecule has 0 unspecified atom stereocenters. The Bertz CT molecular complexity index is 290. The fraction of sp³-hybridized carbons (Fsp3) is 0.400. The average Bonchev–Trinajstić information content (AvgIpc) is 2.01. The van der Waals surface area contributed by atoms with Crippen LogP contribution in [-0.4, -0.2) is 16.5 Å². The van der Waals surface area contributed by atoms with E-state index < -0.39 is 13.5 Å². The van der Waals surface area contributed by atoms with E-state index in [1.807, 2.05) is 44.2 Å². The quantitative estimate of drug-likeness (QED) is 0.760. The molecular weight excluding hydrogens is 199 g/mol. The van der Waals surface area contributed by atoms with Crippen LogP contribution in [0.3, 0.4) is 0 Å². The van der Waals surface area contributed by atoms with Crippen molar-refractivity contribution in [2.75, 3.05) is 6.66 Å². The molecule has 0 amide bonds. The van der Waals surface area contributed by atoms with Crippen LogP contribution in [0.2, 0.25) is 0 Å². The van der Waals surface area contributed by atoms with Gasteiger partial charge < -0.3 is 0 Å². The molecule has 0 saturated heterocycles. The van der Waals surface area contributed by atoms with E-state index in [2.05, 4.69) is 0 Å². The van der Waals surface area contributed by atoms with E-state index in [4.69, 9.17) is 4.52 Å². The number of benzene rings is 1.